The molecule has 0 aliphatic rings. The standard InChI is InChI=1S/C10H12BrFOS/c1-2-14-6-5-13-8-3-4-9(11)10(12)7-8/h3-4,7H,2,5-6H2,1H3. The van der Waals surface area contributed by atoms with Gasteiger partial charge < -0.3 is 4.74 Å². The van der Waals surface area contributed by atoms with Crippen LogP contribution >= 0.6 is 27.7 Å². The highest BCUT2D eigenvalue weighted by Gasteiger charge is 2.00. The summed E-state index contributed by atoms with van der Waals surface area (Å²) in [6.07, 6.45) is 0. The van der Waals surface area contributed by atoms with Crippen molar-refractivity contribution in [3.8, 4) is 5.75 Å². The van der Waals surface area contributed by atoms with Gasteiger partial charge in [-0.25, -0.2) is 4.39 Å². The number of ether oxygens (including phenoxy) is 1. The molecular formula is C10H12BrFOS. The number of hydrogen-bond acceptors (Lipinski definition) is 2. The topological polar surface area (TPSA) is 9.23 Å². The number of benzene rings is 1. The van der Waals surface area contributed by atoms with Gasteiger partial charge in [-0.05, 0) is 33.8 Å². The molecule has 0 aliphatic carbocycles. The van der Waals surface area contributed by atoms with Gasteiger partial charge in [-0.3, -0.25) is 0 Å². The van der Waals surface area contributed by atoms with Crippen molar-refractivity contribution in [2.24, 2.45) is 0 Å². The molecule has 0 unspecified atom stereocenters. The minimum absolute atomic E-state index is 0.286. The van der Waals surface area contributed by atoms with Gasteiger partial charge in [0.1, 0.15) is 11.6 Å². The third kappa shape index (κ3) is 3.88. The molecule has 78 valence electrons. The van der Waals surface area contributed by atoms with Crippen LogP contribution in [0.1, 0.15) is 6.92 Å². The predicted molar refractivity (Wildman–Crippen MR) is 62.6 cm³/mol. The second kappa shape index (κ2) is 6.30. The Hall–Kier alpha value is -0.220. The largest absolute Gasteiger partial charge is 0.493 e. The molecule has 0 radical (unpaired) electrons. The smallest absolute Gasteiger partial charge is 0.141 e. The second-order valence-electron chi connectivity index (χ2n) is 2.62. The van der Waals surface area contributed by atoms with Crippen molar-refractivity contribution in [1.29, 1.82) is 0 Å². The zero-order valence-electron chi connectivity index (χ0n) is 7.93. The van der Waals surface area contributed by atoms with E-state index in [1.807, 2.05) is 0 Å². The van der Waals surface area contributed by atoms with Crippen molar-refractivity contribution in [2.45, 2.75) is 6.92 Å². The van der Waals surface area contributed by atoms with Crippen LogP contribution < -0.4 is 4.74 Å². The number of hydrogen-bond donors (Lipinski definition) is 0. The van der Waals surface area contributed by atoms with E-state index in [0.29, 0.717) is 16.8 Å². The Morgan fingerprint density at radius 2 is 2.29 bits per heavy atom. The van der Waals surface area contributed by atoms with E-state index in [1.165, 1.54) is 6.07 Å². The molecule has 1 aromatic rings. The lowest BCUT2D eigenvalue weighted by atomic mass is 10.3. The fourth-order valence-electron chi connectivity index (χ4n) is 0.929. The summed E-state index contributed by atoms with van der Waals surface area (Å²) in [7, 11) is 0. The van der Waals surface area contributed by atoms with Crippen LogP contribution in [-0.4, -0.2) is 18.1 Å². The molecule has 0 N–H and O–H groups in total. The van der Waals surface area contributed by atoms with Crippen LogP contribution in [0.4, 0.5) is 4.39 Å². The highest BCUT2D eigenvalue weighted by Crippen LogP contribution is 2.20. The van der Waals surface area contributed by atoms with Crippen LogP contribution in [0.2, 0.25) is 0 Å². The summed E-state index contributed by atoms with van der Waals surface area (Å²) in [5.74, 6) is 2.32. The van der Waals surface area contributed by atoms with Crippen molar-refractivity contribution < 1.29 is 9.13 Å². The van der Waals surface area contributed by atoms with E-state index in [4.69, 9.17) is 4.74 Å². The van der Waals surface area contributed by atoms with Crippen molar-refractivity contribution in [1.82, 2.24) is 0 Å². The SMILES string of the molecule is CCSCCOc1ccc(Br)c(F)c1. The van der Waals surface area contributed by atoms with Gasteiger partial charge in [0.05, 0.1) is 11.1 Å². The number of rotatable bonds is 5. The van der Waals surface area contributed by atoms with Gasteiger partial charge in [0.2, 0.25) is 0 Å². The Kier molecular flexibility index (Phi) is 5.33. The van der Waals surface area contributed by atoms with E-state index in [9.17, 15) is 4.39 Å². The highest BCUT2D eigenvalue weighted by molar-refractivity contribution is 9.10. The van der Waals surface area contributed by atoms with E-state index in [-0.39, 0.29) is 5.82 Å². The average molecular weight is 279 g/mol. The summed E-state index contributed by atoms with van der Waals surface area (Å²) in [4.78, 5) is 0. The molecule has 0 amide bonds. The third-order valence-corrected chi connectivity index (χ3v) is 3.10. The molecule has 0 aliphatic heterocycles. The molecule has 14 heavy (non-hydrogen) atoms. The molecular weight excluding hydrogens is 267 g/mol. The summed E-state index contributed by atoms with van der Waals surface area (Å²) >= 11 is 4.89. The third-order valence-electron chi connectivity index (χ3n) is 1.59. The predicted octanol–water partition coefficient (Wildman–Crippen LogP) is 3.72. The maximum atomic E-state index is 13.0. The Labute approximate surface area is 96.2 Å². The zero-order valence-corrected chi connectivity index (χ0v) is 10.3. The number of thioether (sulfide) groups is 1. The molecule has 4 heteroatoms. The fraction of sp³-hybridized carbons (Fsp3) is 0.400. The molecule has 0 heterocycles. The molecule has 0 saturated carbocycles. The van der Waals surface area contributed by atoms with Crippen molar-refractivity contribution in [3.63, 3.8) is 0 Å². The molecule has 1 rings (SSSR count). The maximum absolute atomic E-state index is 13.0. The Balaban J connectivity index is 2.39. The van der Waals surface area contributed by atoms with Gasteiger partial charge >= 0.3 is 0 Å². The van der Waals surface area contributed by atoms with Crippen LogP contribution in [0.3, 0.4) is 0 Å². The molecule has 0 aromatic heterocycles. The minimum Gasteiger partial charge on any atom is -0.493 e. The normalized spacial score (nSPS) is 10.2. The summed E-state index contributed by atoms with van der Waals surface area (Å²) in [5.41, 5.74) is 0. The Morgan fingerprint density at radius 3 is 2.93 bits per heavy atom. The summed E-state index contributed by atoms with van der Waals surface area (Å²) < 4.78 is 18.9. The van der Waals surface area contributed by atoms with E-state index in [1.54, 1.807) is 23.9 Å². The van der Waals surface area contributed by atoms with Crippen LogP contribution in [0.5, 0.6) is 5.75 Å². The average Bonchev–Trinajstić information content (AvgIpc) is 2.18. The van der Waals surface area contributed by atoms with Crippen LogP contribution in [0, 0.1) is 5.82 Å². The molecule has 1 nitrogen and oxygen atoms in total. The summed E-state index contributed by atoms with van der Waals surface area (Å²) in [6.45, 7) is 2.73. The lowest BCUT2D eigenvalue weighted by molar-refractivity contribution is 0.342. The molecule has 0 atom stereocenters. The molecule has 0 spiro atoms. The summed E-state index contributed by atoms with van der Waals surface area (Å²) in [6, 6.07) is 4.79. The van der Waals surface area contributed by atoms with Gasteiger partial charge in [0.15, 0.2) is 0 Å². The second-order valence-corrected chi connectivity index (χ2v) is 4.87. The maximum Gasteiger partial charge on any atom is 0.141 e. The van der Waals surface area contributed by atoms with E-state index >= 15 is 0 Å². The first-order valence-electron chi connectivity index (χ1n) is 4.39. The molecule has 0 fully saturated rings. The number of halogens is 2. The van der Waals surface area contributed by atoms with Crippen molar-refractivity contribution in [2.75, 3.05) is 18.1 Å². The van der Waals surface area contributed by atoms with Gasteiger partial charge in [0, 0.05) is 11.8 Å². The van der Waals surface area contributed by atoms with Crippen molar-refractivity contribution >= 4 is 27.7 Å². The van der Waals surface area contributed by atoms with E-state index in [0.717, 1.165) is 11.5 Å². The van der Waals surface area contributed by atoms with Crippen LogP contribution in [-0.2, 0) is 0 Å². The molecule has 0 saturated heterocycles. The highest BCUT2D eigenvalue weighted by atomic mass is 79.9. The van der Waals surface area contributed by atoms with E-state index in [2.05, 4.69) is 22.9 Å². The van der Waals surface area contributed by atoms with Crippen molar-refractivity contribution in [3.05, 3.63) is 28.5 Å². The lowest BCUT2D eigenvalue weighted by Gasteiger charge is -2.05. The van der Waals surface area contributed by atoms with Gasteiger partial charge in [-0.1, -0.05) is 6.92 Å². The monoisotopic (exact) mass is 278 g/mol. The van der Waals surface area contributed by atoms with Gasteiger partial charge in [-0.15, -0.1) is 0 Å². The van der Waals surface area contributed by atoms with E-state index < -0.39 is 0 Å². The Bertz CT molecular complexity index is 293. The molecule has 1 aromatic carbocycles. The fourth-order valence-corrected chi connectivity index (χ4v) is 1.67. The Morgan fingerprint density at radius 1 is 1.50 bits per heavy atom. The minimum atomic E-state index is -0.286. The van der Waals surface area contributed by atoms with Gasteiger partial charge in [0.25, 0.3) is 0 Å². The van der Waals surface area contributed by atoms with Gasteiger partial charge in [-0.2, -0.15) is 11.8 Å². The zero-order chi connectivity index (χ0) is 10.4. The first-order valence-corrected chi connectivity index (χ1v) is 6.34. The summed E-state index contributed by atoms with van der Waals surface area (Å²) in [5, 5.41) is 0. The lowest BCUT2D eigenvalue weighted by Crippen LogP contribution is -2.00. The quantitative estimate of drug-likeness (QED) is 0.760. The van der Waals surface area contributed by atoms with Crippen LogP contribution in [0.15, 0.2) is 22.7 Å². The first-order chi connectivity index (χ1) is 6.74. The molecule has 0 bridgehead atoms. The van der Waals surface area contributed by atoms with Crippen LogP contribution in [0.25, 0.3) is 0 Å². The first kappa shape index (κ1) is 11.9.